The van der Waals surface area contributed by atoms with E-state index in [2.05, 4.69) is 22.4 Å². The minimum atomic E-state index is -0.304. The minimum Gasteiger partial charge on any atom is -0.370 e. The van der Waals surface area contributed by atoms with Crippen LogP contribution in [0.1, 0.15) is 57.2 Å². The summed E-state index contributed by atoms with van der Waals surface area (Å²) in [5.74, 6) is 1.44. The minimum absolute atomic E-state index is 0.304. The molecule has 5 heteroatoms. The molecule has 1 N–H and O–H groups in total. The van der Waals surface area contributed by atoms with Gasteiger partial charge in [0.05, 0.1) is 0 Å². The highest BCUT2D eigenvalue weighted by atomic mass is 16.5. The molecule has 0 bridgehead atoms. The maximum absolute atomic E-state index is 5.68. The predicted octanol–water partition coefficient (Wildman–Crippen LogP) is 2.42. The summed E-state index contributed by atoms with van der Waals surface area (Å²) in [6.45, 7) is 2.18. The number of nitrogens with zero attached hydrogens (tertiary/aromatic N) is 2. The normalized spacial score (nSPS) is 19.7. The average molecular weight is 267 g/mol. The molecule has 1 fully saturated rings. The fourth-order valence-corrected chi connectivity index (χ4v) is 2.90. The molecule has 0 aromatic carbocycles. The van der Waals surface area contributed by atoms with E-state index in [1.807, 2.05) is 7.05 Å². The molecule has 0 radical (unpaired) electrons. The van der Waals surface area contributed by atoms with Crippen molar-refractivity contribution in [1.82, 2.24) is 15.5 Å². The first kappa shape index (κ1) is 14.5. The lowest BCUT2D eigenvalue weighted by Crippen LogP contribution is -2.28. The van der Waals surface area contributed by atoms with E-state index < -0.39 is 0 Å². The second-order valence-corrected chi connectivity index (χ2v) is 5.40. The van der Waals surface area contributed by atoms with Gasteiger partial charge in [0, 0.05) is 19.6 Å². The van der Waals surface area contributed by atoms with Crippen LogP contribution >= 0.6 is 0 Å². The zero-order valence-electron chi connectivity index (χ0n) is 12.2. The Labute approximate surface area is 115 Å². The van der Waals surface area contributed by atoms with Crippen LogP contribution in [0.25, 0.3) is 0 Å². The van der Waals surface area contributed by atoms with E-state index in [0.717, 1.165) is 37.9 Å². The Morgan fingerprint density at radius 1 is 1.42 bits per heavy atom. The maximum atomic E-state index is 5.68. The van der Waals surface area contributed by atoms with Gasteiger partial charge < -0.3 is 14.6 Å². The van der Waals surface area contributed by atoms with Crippen molar-refractivity contribution in [2.24, 2.45) is 0 Å². The molecule has 5 nitrogen and oxygen atoms in total. The number of hydrogen-bond acceptors (Lipinski definition) is 5. The van der Waals surface area contributed by atoms with E-state index >= 15 is 0 Å². The first-order chi connectivity index (χ1) is 9.24. The van der Waals surface area contributed by atoms with Crippen molar-refractivity contribution in [2.45, 2.75) is 63.5 Å². The van der Waals surface area contributed by atoms with Crippen molar-refractivity contribution >= 4 is 0 Å². The predicted molar refractivity (Wildman–Crippen MR) is 72.9 cm³/mol. The number of nitrogens with one attached hydrogen (secondary N) is 1. The Kier molecular flexibility index (Phi) is 4.93. The highest BCUT2D eigenvalue weighted by Crippen LogP contribution is 2.40. The van der Waals surface area contributed by atoms with Gasteiger partial charge in [-0.2, -0.15) is 4.98 Å². The molecular formula is C14H25N3O2. The quantitative estimate of drug-likeness (QED) is 0.822. The molecule has 19 heavy (non-hydrogen) atoms. The van der Waals surface area contributed by atoms with E-state index in [9.17, 15) is 0 Å². The molecular weight excluding hydrogens is 242 g/mol. The Hall–Kier alpha value is -0.940. The van der Waals surface area contributed by atoms with Crippen molar-refractivity contribution in [3.8, 4) is 0 Å². The van der Waals surface area contributed by atoms with Gasteiger partial charge in [-0.3, -0.25) is 0 Å². The molecule has 2 rings (SSSR count). The topological polar surface area (TPSA) is 60.2 Å². The van der Waals surface area contributed by atoms with Crippen molar-refractivity contribution in [3.05, 3.63) is 11.7 Å². The van der Waals surface area contributed by atoms with Crippen LogP contribution in [-0.4, -0.2) is 30.3 Å². The lowest BCUT2D eigenvalue weighted by atomic mass is 10.0. The molecule has 0 spiro atoms. The zero-order chi connectivity index (χ0) is 13.7. The van der Waals surface area contributed by atoms with Gasteiger partial charge in [-0.1, -0.05) is 18.5 Å². The summed E-state index contributed by atoms with van der Waals surface area (Å²) in [5, 5.41) is 7.44. The summed E-state index contributed by atoms with van der Waals surface area (Å²) in [5.41, 5.74) is -0.304. The molecule has 1 aliphatic rings. The van der Waals surface area contributed by atoms with E-state index in [4.69, 9.17) is 9.26 Å². The molecule has 1 aromatic rings. The third-order valence-corrected chi connectivity index (χ3v) is 4.14. The van der Waals surface area contributed by atoms with E-state index in [1.54, 1.807) is 7.11 Å². The van der Waals surface area contributed by atoms with Crippen LogP contribution in [0.2, 0.25) is 0 Å². The second-order valence-electron chi connectivity index (χ2n) is 5.40. The SMILES string of the molecule is CCCC(Cc1nc(C2(OC)CCCC2)no1)NC. The fourth-order valence-electron chi connectivity index (χ4n) is 2.90. The van der Waals surface area contributed by atoms with Crippen LogP contribution < -0.4 is 5.32 Å². The van der Waals surface area contributed by atoms with Crippen molar-refractivity contribution < 1.29 is 9.26 Å². The van der Waals surface area contributed by atoms with Gasteiger partial charge >= 0.3 is 0 Å². The van der Waals surface area contributed by atoms with Gasteiger partial charge in [0.25, 0.3) is 0 Å². The third kappa shape index (κ3) is 3.15. The zero-order valence-corrected chi connectivity index (χ0v) is 12.2. The number of ether oxygens (including phenoxy) is 1. The van der Waals surface area contributed by atoms with E-state index in [1.165, 1.54) is 12.8 Å². The third-order valence-electron chi connectivity index (χ3n) is 4.14. The van der Waals surface area contributed by atoms with Gasteiger partial charge in [-0.15, -0.1) is 0 Å². The first-order valence-corrected chi connectivity index (χ1v) is 7.29. The smallest absolute Gasteiger partial charge is 0.228 e. The second kappa shape index (κ2) is 6.48. The number of methoxy groups -OCH3 is 1. The molecule has 108 valence electrons. The standard InChI is InChI=1S/C14H25N3O2/c1-4-7-11(15-2)10-12-16-13(17-19-12)14(18-3)8-5-6-9-14/h11,15H,4-10H2,1-3H3. The Morgan fingerprint density at radius 2 is 2.16 bits per heavy atom. The molecule has 1 aliphatic carbocycles. The van der Waals surface area contributed by atoms with Crippen LogP contribution in [0.5, 0.6) is 0 Å². The van der Waals surface area contributed by atoms with Crippen LogP contribution in [0.15, 0.2) is 4.52 Å². The molecule has 0 amide bonds. The molecule has 1 heterocycles. The largest absolute Gasteiger partial charge is 0.370 e. The Bertz CT molecular complexity index is 386. The van der Waals surface area contributed by atoms with Crippen LogP contribution in [-0.2, 0) is 16.8 Å². The van der Waals surface area contributed by atoms with Gasteiger partial charge in [0.2, 0.25) is 11.7 Å². The summed E-state index contributed by atoms with van der Waals surface area (Å²) >= 11 is 0. The molecule has 1 aromatic heterocycles. The highest BCUT2D eigenvalue weighted by Gasteiger charge is 2.40. The lowest BCUT2D eigenvalue weighted by molar-refractivity contribution is -0.0178. The first-order valence-electron chi connectivity index (χ1n) is 7.29. The van der Waals surface area contributed by atoms with Crippen LogP contribution in [0, 0.1) is 0 Å². The lowest BCUT2D eigenvalue weighted by Gasteiger charge is -2.22. The summed E-state index contributed by atoms with van der Waals surface area (Å²) in [7, 11) is 3.72. The summed E-state index contributed by atoms with van der Waals surface area (Å²) in [6.07, 6.45) is 7.38. The fraction of sp³-hybridized carbons (Fsp3) is 0.857. The monoisotopic (exact) mass is 267 g/mol. The molecule has 0 saturated heterocycles. The van der Waals surface area contributed by atoms with Gasteiger partial charge in [0.15, 0.2) is 0 Å². The van der Waals surface area contributed by atoms with Crippen LogP contribution in [0.3, 0.4) is 0 Å². The number of rotatable bonds is 7. The Balaban J connectivity index is 2.05. The van der Waals surface area contributed by atoms with E-state index in [-0.39, 0.29) is 5.60 Å². The molecule has 1 atom stereocenters. The number of aromatic nitrogens is 2. The maximum Gasteiger partial charge on any atom is 0.228 e. The molecule has 1 unspecified atom stereocenters. The van der Waals surface area contributed by atoms with Crippen LogP contribution in [0.4, 0.5) is 0 Å². The van der Waals surface area contributed by atoms with E-state index in [0.29, 0.717) is 11.9 Å². The van der Waals surface area contributed by atoms with Gasteiger partial charge in [-0.05, 0) is 39.2 Å². The van der Waals surface area contributed by atoms with Crippen molar-refractivity contribution in [1.29, 1.82) is 0 Å². The average Bonchev–Trinajstić information content (AvgIpc) is 3.07. The van der Waals surface area contributed by atoms with Crippen molar-refractivity contribution in [3.63, 3.8) is 0 Å². The Morgan fingerprint density at radius 3 is 2.74 bits per heavy atom. The summed E-state index contributed by atoms with van der Waals surface area (Å²) in [6, 6.07) is 0.403. The molecule has 0 aliphatic heterocycles. The summed E-state index contributed by atoms with van der Waals surface area (Å²) in [4.78, 5) is 4.56. The van der Waals surface area contributed by atoms with Gasteiger partial charge in [-0.25, -0.2) is 0 Å². The highest BCUT2D eigenvalue weighted by molar-refractivity contribution is 5.04. The summed E-state index contributed by atoms with van der Waals surface area (Å²) < 4.78 is 11.1. The van der Waals surface area contributed by atoms with Gasteiger partial charge in [0.1, 0.15) is 5.60 Å². The van der Waals surface area contributed by atoms with Crippen molar-refractivity contribution in [2.75, 3.05) is 14.2 Å². The molecule has 1 saturated carbocycles. The number of likely N-dealkylation sites (N-methyl/N-ethyl adjacent to an activating group) is 1. The number of hydrogen-bond donors (Lipinski definition) is 1.